The van der Waals surface area contributed by atoms with Gasteiger partial charge < -0.3 is 19.1 Å². The van der Waals surface area contributed by atoms with Gasteiger partial charge in [-0.1, -0.05) is 154 Å². The van der Waals surface area contributed by atoms with Crippen molar-refractivity contribution in [2.24, 2.45) is 5.41 Å². The maximum Gasteiger partial charge on any atom is 0.305 e. The summed E-state index contributed by atoms with van der Waals surface area (Å²) in [5, 5.41) is 0. The normalized spacial score (nSPS) is 12.1. The molecular formula is C49H89NO6. The quantitative estimate of drug-likeness (QED) is 0.0264. The number of allylic oxidation sites excluding steroid dienone is 6. The van der Waals surface area contributed by atoms with Gasteiger partial charge in [0.15, 0.2) is 0 Å². The van der Waals surface area contributed by atoms with E-state index in [0.29, 0.717) is 25.8 Å². The van der Waals surface area contributed by atoms with Crippen LogP contribution in [-0.4, -0.2) is 63.3 Å². The number of nitrogens with zero attached hydrogens (tertiary/aromatic N) is 1. The maximum atomic E-state index is 12.9. The summed E-state index contributed by atoms with van der Waals surface area (Å²) in [4.78, 5) is 40.7. The molecule has 0 rings (SSSR count). The number of carbonyl (C=O) groups is 3. The first-order valence-electron chi connectivity index (χ1n) is 23.3. The lowest BCUT2D eigenvalue weighted by Crippen LogP contribution is -2.46. The Balaban J connectivity index is 4.93. The van der Waals surface area contributed by atoms with E-state index in [1.807, 2.05) is 19.0 Å². The van der Waals surface area contributed by atoms with Gasteiger partial charge in [0.1, 0.15) is 19.8 Å². The Labute approximate surface area is 346 Å². The summed E-state index contributed by atoms with van der Waals surface area (Å²) >= 11 is 0. The molecule has 0 heterocycles. The van der Waals surface area contributed by atoms with E-state index in [-0.39, 0.29) is 37.7 Å². The molecule has 326 valence electrons. The van der Waals surface area contributed by atoms with Crippen molar-refractivity contribution >= 4 is 17.9 Å². The van der Waals surface area contributed by atoms with Gasteiger partial charge in [0.05, 0.1) is 5.41 Å². The molecule has 0 N–H and O–H groups in total. The van der Waals surface area contributed by atoms with Crippen LogP contribution in [0.5, 0.6) is 0 Å². The van der Waals surface area contributed by atoms with E-state index in [4.69, 9.17) is 14.2 Å². The highest BCUT2D eigenvalue weighted by Gasteiger charge is 2.36. The molecule has 7 nitrogen and oxygen atoms in total. The fourth-order valence-electron chi connectivity index (χ4n) is 6.71. The summed E-state index contributed by atoms with van der Waals surface area (Å²) in [6, 6.07) is 0. The van der Waals surface area contributed by atoms with Crippen LogP contribution in [0.25, 0.3) is 0 Å². The molecule has 0 aromatic carbocycles. The van der Waals surface area contributed by atoms with E-state index >= 15 is 0 Å². The zero-order chi connectivity index (χ0) is 41.2. The number of unbranched alkanes of at least 4 members (excludes halogenated alkanes) is 21. The van der Waals surface area contributed by atoms with Gasteiger partial charge >= 0.3 is 17.9 Å². The Morgan fingerprint density at radius 3 is 0.911 bits per heavy atom. The van der Waals surface area contributed by atoms with E-state index < -0.39 is 5.41 Å². The molecule has 0 aliphatic carbocycles. The minimum Gasteiger partial charge on any atom is -0.465 e. The second kappa shape index (κ2) is 40.8. The van der Waals surface area contributed by atoms with Crippen molar-refractivity contribution in [2.45, 2.75) is 213 Å². The van der Waals surface area contributed by atoms with Crippen LogP contribution in [0, 0.1) is 5.41 Å². The summed E-state index contributed by atoms with van der Waals surface area (Å²) in [7, 11) is 3.87. The SMILES string of the molecule is CCCC/C=C\CCCCCCCC(=O)OCC(COC(=O)CCCCCCC/C=C\CCCC)(COC(=O)CCCCCCC/C=C\CCCC)CN(C)C. The molecule has 56 heavy (non-hydrogen) atoms. The van der Waals surface area contributed by atoms with Crippen LogP contribution in [-0.2, 0) is 28.6 Å². The molecule has 0 aromatic heterocycles. The summed E-state index contributed by atoms with van der Waals surface area (Å²) in [5.41, 5.74) is -0.843. The third-order valence-corrected chi connectivity index (χ3v) is 10.2. The maximum absolute atomic E-state index is 12.9. The number of hydrogen-bond acceptors (Lipinski definition) is 7. The second-order valence-corrected chi connectivity index (χ2v) is 16.5. The zero-order valence-electron chi connectivity index (χ0n) is 37.4. The molecule has 0 aromatic rings. The van der Waals surface area contributed by atoms with E-state index in [1.165, 1.54) is 96.3 Å². The van der Waals surface area contributed by atoms with Crippen molar-refractivity contribution < 1.29 is 28.6 Å². The third-order valence-electron chi connectivity index (χ3n) is 10.2. The topological polar surface area (TPSA) is 82.1 Å². The van der Waals surface area contributed by atoms with E-state index in [9.17, 15) is 14.4 Å². The van der Waals surface area contributed by atoms with Gasteiger partial charge in [0.2, 0.25) is 0 Å². The van der Waals surface area contributed by atoms with Crippen LogP contribution < -0.4 is 0 Å². The van der Waals surface area contributed by atoms with Crippen molar-refractivity contribution in [3.05, 3.63) is 36.5 Å². The van der Waals surface area contributed by atoms with Crippen molar-refractivity contribution in [2.75, 3.05) is 40.5 Å². The lowest BCUT2D eigenvalue weighted by atomic mass is 9.90. The average molecular weight is 788 g/mol. The molecule has 0 spiro atoms. The van der Waals surface area contributed by atoms with Gasteiger partial charge in [-0.05, 0) is 91.1 Å². The number of hydrogen-bond donors (Lipinski definition) is 0. The third kappa shape index (κ3) is 37.2. The highest BCUT2D eigenvalue weighted by Crippen LogP contribution is 2.23. The summed E-state index contributed by atoms with van der Waals surface area (Å²) in [6.45, 7) is 7.22. The van der Waals surface area contributed by atoms with Crippen LogP contribution in [0.4, 0.5) is 0 Å². The van der Waals surface area contributed by atoms with Crippen LogP contribution in [0.1, 0.15) is 213 Å². The Hall–Kier alpha value is -2.41. The van der Waals surface area contributed by atoms with E-state index in [2.05, 4.69) is 57.2 Å². The van der Waals surface area contributed by atoms with Gasteiger partial charge in [-0.2, -0.15) is 0 Å². The number of ether oxygens (including phenoxy) is 3. The first-order chi connectivity index (χ1) is 27.3. The van der Waals surface area contributed by atoms with Crippen LogP contribution in [0.3, 0.4) is 0 Å². The molecule has 0 unspecified atom stereocenters. The first kappa shape index (κ1) is 53.6. The van der Waals surface area contributed by atoms with Gasteiger partial charge in [-0.25, -0.2) is 0 Å². The fraction of sp³-hybridized carbons (Fsp3) is 0.816. The van der Waals surface area contributed by atoms with Crippen LogP contribution in [0.2, 0.25) is 0 Å². The molecule has 0 saturated heterocycles. The van der Waals surface area contributed by atoms with Crippen molar-refractivity contribution in [1.82, 2.24) is 4.90 Å². The molecule has 0 aliphatic rings. The predicted octanol–water partition coefficient (Wildman–Crippen LogP) is 13.6. The van der Waals surface area contributed by atoms with E-state index in [0.717, 1.165) is 77.0 Å². The smallest absolute Gasteiger partial charge is 0.305 e. The minimum absolute atomic E-state index is 0.0364. The summed E-state index contributed by atoms with van der Waals surface area (Å²) in [5.74, 6) is -0.757. The minimum atomic E-state index is -0.843. The number of rotatable bonds is 41. The van der Waals surface area contributed by atoms with Crippen LogP contribution in [0.15, 0.2) is 36.5 Å². The van der Waals surface area contributed by atoms with Crippen molar-refractivity contribution in [1.29, 1.82) is 0 Å². The lowest BCUT2D eigenvalue weighted by molar-refractivity contribution is -0.163. The average Bonchev–Trinajstić information content (AvgIpc) is 3.18. The number of esters is 3. The van der Waals surface area contributed by atoms with Gasteiger partial charge in [0.25, 0.3) is 0 Å². The first-order valence-corrected chi connectivity index (χ1v) is 23.3. The molecule has 0 fully saturated rings. The van der Waals surface area contributed by atoms with Gasteiger partial charge in [0, 0.05) is 25.8 Å². The largest absolute Gasteiger partial charge is 0.465 e. The van der Waals surface area contributed by atoms with Crippen molar-refractivity contribution in [3.8, 4) is 0 Å². The zero-order valence-corrected chi connectivity index (χ0v) is 37.4. The monoisotopic (exact) mass is 788 g/mol. The Morgan fingerprint density at radius 2 is 0.643 bits per heavy atom. The molecule has 0 atom stereocenters. The number of carbonyl (C=O) groups excluding carboxylic acids is 3. The highest BCUT2D eigenvalue weighted by atomic mass is 16.6. The lowest BCUT2D eigenvalue weighted by Gasteiger charge is -2.34. The standard InChI is InChI=1S/C49H89NO6/c1-6-9-12-15-18-21-24-27-30-33-36-39-46(51)54-43-49(42-50(4)5,44-55-47(52)40-37-34-31-28-25-22-19-16-13-10-7-2)45-56-48(53)41-38-35-32-29-26-23-20-17-14-11-8-3/h15-20H,6-14,21-45H2,1-5H3/b18-15-,19-16-,20-17-. The fourth-order valence-corrected chi connectivity index (χ4v) is 6.71. The molecular weight excluding hydrogens is 699 g/mol. The second-order valence-electron chi connectivity index (χ2n) is 16.5. The molecule has 7 heteroatoms. The molecule has 0 bridgehead atoms. The molecule has 0 saturated carbocycles. The predicted molar refractivity (Wildman–Crippen MR) is 237 cm³/mol. The molecule has 0 aliphatic heterocycles. The molecule has 0 amide bonds. The Morgan fingerprint density at radius 1 is 0.393 bits per heavy atom. The Bertz CT molecular complexity index is 886. The Kier molecular flexibility index (Phi) is 39.0. The summed E-state index contributed by atoms with van der Waals surface area (Å²) in [6.07, 6.45) is 45.1. The van der Waals surface area contributed by atoms with E-state index in [1.54, 1.807) is 0 Å². The highest BCUT2D eigenvalue weighted by molar-refractivity contribution is 5.70. The van der Waals surface area contributed by atoms with Crippen LogP contribution >= 0.6 is 0 Å². The van der Waals surface area contributed by atoms with Gasteiger partial charge in [-0.15, -0.1) is 0 Å². The van der Waals surface area contributed by atoms with Crippen molar-refractivity contribution in [3.63, 3.8) is 0 Å². The van der Waals surface area contributed by atoms with Gasteiger partial charge in [-0.3, -0.25) is 14.4 Å². The molecule has 0 radical (unpaired) electrons. The summed E-state index contributed by atoms with van der Waals surface area (Å²) < 4.78 is 17.5.